The molecular weight excluding hydrogens is 186 g/mol. The summed E-state index contributed by atoms with van der Waals surface area (Å²) in [6.07, 6.45) is 0.966. The van der Waals surface area contributed by atoms with Crippen molar-refractivity contribution in [3.8, 4) is 0 Å². The zero-order valence-electron chi connectivity index (χ0n) is 7.88. The predicted molar refractivity (Wildman–Crippen MR) is 54.6 cm³/mol. The molecule has 0 amide bonds. The Bertz CT molecular complexity index is 265. The summed E-state index contributed by atoms with van der Waals surface area (Å²) in [6, 6.07) is 8.00. The topological polar surface area (TPSA) is 21.3 Å². The summed E-state index contributed by atoms with van der Waals surface area (Å²) in [4.78, 5) is 4.90. The van der Waals surface area contributed by atoms with Crippen molar-refractivity contribution in [1.82, 2.24) is 5.48 Å². The molecule has 0 heterocycles. The Morgan fingerprint density at radius 2 is 2.31 bits per heavy atom. The third-order valence-electron chi connectivity index (χ3n) is 1.92. The lowest BCUT2D eigenvalue weighted by Crippen LogP contribution is -2.19. The summed E-state index contributed by atoms with van der Waals surface area (Å²) < 4.78 is 0. The Morgan fingerprint density at radius 1 is 1.54 bits per heavy atom. The normalized spacial score (nSPS) is 12.8. The Morgan fingerprint density at radius 3 is 2.85 bits per heavy atom. The van der Waals surface area contributed by atoms with E-state index < -0.39 is 0 Å². The average molecular weight is 200 g/mol. The Hall–Kier alpha value is -0.570. The SMILES string of the molecule is CCC(NOC)c1cccc(Cl)c1. The highest BCUT2D eigenvalue weighted by molar-refractivity contribution is 6.30. The molecule has 0 bridgehead atoms. The standard InChI is InChI=1S/C10H14ClNO/c1-3-10(12-13-2)8-5-4-6-9(11)7-8/h4-7,10,12H,3H2,1-2H3. The number of hydrogen-bond donors (Lipinski definition) is 1. The number of hydrogen-bond acceptors (Lipinski definition) is 2. The molecule has 0 saturated heterocycles. The molecular formula is C10H14ClNO. The lowest BCUT2D eigenvalue weighted by Gasteiger charge is -2.15. The van der Waals surface area contributed by atoms with Gasteiger partial charge in [0.05, 0.1) is 13.2 Å². The van der Waals surface area contributed by atoms with Crippen LogP contribution in [0.1, 0.15) is 24.9 Å². The molecule has 1 aromatic rings. The summed E-state index contributed by atoms with van der Waals surface area (Å²) in [7, 11) is 1.62. The van der Waals surface area contributed by atoms with Crippen LogP contribution < -0.4 is 5.48 Å². The summed E-state index contributed by atoms with van der Waals surface area (Å²) in [5.74, 6) is 0. The fourth-order valence-corrected chi connectivity index (χ4v) is 1.45. The molecule has 0 saturated carbocycles. The van der Waals surface area contributed by atoms with Crippen LogP contribution in [0.4, 0.5) is 0 Å². The van der Waals surface area contributed by atoms with Crippen molar-refractivity contribution >= 4 is 11.6 Å². The molecule has 1 aromatic carbocycles. The number of benzene rings is 1. The van der Waals surface area contributed by atoms with Crippen LogP contribution in [0.5, 0.6) is 0 Å². The molecule has 0 spiro atoms. The molecule has 72 valence electrons. The van der Waals surface area contributed by atoms with Gasteiger partial charge in [-0.05, 0) is 24.1 Å². The van der Waals surface area contributed by atoms with E-state index in [4.69, 9.17) is 16.4 Å². The highest BCUT2D eigenvalue weighted by Crippen LogP contribution is 2.19. The van der Waals surface area contributed by atoms with Crippen molar-refractivity contribution in [3.63, 3.8) is 0 Å². The van der Waals surface area contributed by atoms with E-state index in [1.165, 1.54) is 0 Å². The van der Waals surface area contributed by atoms with Crippen molar-refractivity contribution in [2.75, 3.05) is 7.11 Å². The molecule has 0 fully saturated rings. The Labute approximate surface area is 83.8 Å². The quantitative estimate of drug-likeness (QED) is 0.753. The van der Waals surface area contributed by atoms with E-state index in [2.05, 4.69) is 12.4 Å². The van der Waals surface area contributed by atoms with E-state index in [9.17, 15) is 0 Å². The molecule has 0 aromatic heterocycles. The zero-order valence-corrected chi connectivity index (χ0v) is 8.64. The van der Waals surface area contributed by atoms with Gasteiger partial charge in [0.15, 0.2) is 0 Å². The second kappa shape index (κ2) is 5.22. The first-order valence-electron chi connectivity index (χ1n) is 4.32. The van der Waals surface area contributed by atoms with E-state index in [0.29, 0.717) is 0 Å². The average Bonchev–Trinajstić information content (AvgIpc) is 2.14. The van der Waals surface area contributed by atoms with Crippen LogP contribution in [0.15, 0.2) is 24.3 Å². The summed E-state index contributed by atoms with van der Waals surface area (Å²) in [5.41, 5.74) is 4.07. The minimum Gasteiger partial charge on any atom is -0.305 e. The van der Waals surface area contributed by atoms with Gasteiger partial charge in [0.2, 0.25) is 0 Å². The van der Waals surface area contributed by atoms with Gasteiger partial charge in [0, 0.05) is 5.02 Å². The highest BCUT2D eigenvalue weighted by atomic mass is 35.5. The maximum absolute atomic E-state index is 5.88. The Balaban J connectivity index is 2.78. The maximum atomic E-state index is 5.88. The molecule has 13 heavy (non-hydrogen) atoms. The Kier molecular flexibility index (Phi) is 4.22. The first kappa shape index (κ1) is 10.5. The van der Waals surface area contributed by atoms with Crippen molar-refractivity contribution in [3.05, 3.63) is 34.9 Å². The molecule has 0 aliphatic heterocycles. The molecule has 0 aliphatic rings. The molecule has 1 rings (SSSR count). The van der Waals surface area contributed by atoms with Crippen molar-refractivity contribution in [2.45, 2.75) is 19.4 Å². The second-order valence-corrected chi connectivity index (χ2v) is 3.27. The first-order chi connectivity index (χ1) is 6.27. The van der Waals surface area contributed by atoms with Gasteiger partial charge < -0.3 is 4.84 Å². The lowest BCUT2D eigenvalue weighted by atomic mass is 10.1. The summed E-state index contributed by atoms with van der Waals surface area (Å²) in [5, 5.41) is 0.758. The second-order valence-electron chi connectivity index (χ2n) is 2.84. The fraction of sp³-hybridized carbons (Fsp3) is 0.400. The predicted octanol–water partition coefficient (Wildman–Crippen LogP) is 2.94. The van der Waals surface area contributed by atoms with Crippen molar-refractivity contribution in [1.29, 1.82) is 0 Å². The van der Waals surface area contributed by atoms with Gasteiger partial charge in [-0.1, -0.05) is 30.7 Å². The molecule has 3 heteroatoms. The van der Waals surface area contributed by atoms with E-state index in [1.54, 1.807) is 7.11 Å². The van der Waals surface area contributed by atoms with E-state index >= 15 is 0 Å². The van der Waals surface area contributed by atoms with Crippen LogP contribution in [0.2, 0.25) is 5.02 Å². The van der Waals surface area contributed by atoms with Crippen molar-refractivity contribution < 1.29 is 4.84 Å². The van der Waals surface area contributed by atoms with Crippen LogP contribution in [0.3, 0.4) is 0 Å². The van der Waals surface area contributed by atoms with Gasteiger partial charge in [0.1, 0.15) is 0 Å². The minimum absolute atomic E-state index is 0.212. The van der Waals surface area contributed by atoms with Gasteiger partial charge in [-0.3, -0.25) is 0 Å². The van der Waals surface area contributed by atoms with Crippen LogP contribution in [-0.2, 0) is 4.84 Å². The maximum Gasteiger partial charge on any atom is 0.0572 e. The molecule has 1 unspecified atom stereocenters. The van der Waals surface area contributed by atoms with Crippen molar-refractivity contribution in [2.24, 2.45) is 0 Å². The van der Waals surface area contributed by atoms with E-state index in [1.807, 2.05) is 24.3 Å². The third kappa shape index (κ3) is 2.99. The summed E-state index contributed by atoms with van der Waals surface area (Å²) >= 11 is 5.88. The van der Waals surface area contributed by atoms with Crippen LogP contribution in [0.25, 0.3) is 0 Å². The third-order valence-corrected chi connectivity index (χ3v) is 2.15. The highest BCUT2D eigenvalue weighted by Gasteiger charge is 2.07. The smallest absolute Gasteiger partial charge is 0.0572 e. The molecule has 1 N–H and O–H groups in total. The minimum atomic E-state index is 0.212. The van der Waals surface area contributed by atoms with Gasteiger partial charge in [-0.15, -0.1) is 0 Å². The van der Waals surface area contributed by atoms with E-state index in [0.717, 1.165) is 17.0 Å². The summed E-state index contributed by atoms with van der Waals surface area (Å²) in [6.45, 7) is 2.09. The van der Waals surface area contributed by atoms with Crippen LogP contribution >= 0.6 is 11.6 Å². The van der Waals surface area contributed by atoms with Gasteiger partial charge in [0.25, 0.3) is 0 Å². The van der Waals surface area contributed by atoms with Gasteiger partial charge in [-0.2, -0.15) is 5.48 Å². The monoisotopic (exact) mass is 199 g/mol. The van der Waals surface area contributed by atoms with Gasteiger partial charge in [-0.25, -0.2) is 0 Å². The molecule has 0 radical (unpaired) electrons. The molecule has 2 nitrogen and oxygen atoms in total. The fourth-order valence-electron chi connectivity index (χ4n) is 1.25. The molecule has 0 aliphatic carbocycles. The zero-order chi connectivity index (χ0) is 9.68. The van der Waals surface area contributed by atoms with Crippen LogP contribution in [-0.4, -0.2) is 7.11 Å². The molecule has 1 atom stereocenters. The first-order valence-corrected chi connectivity index (χ1v) is 4.69. The number of halogens is 1. The number of rotatable bonds is 4. The van der Waals surface area contributed by atoms with E-state index in [-0.39, 0.29) is 6.04 Å². The number of nitrogens with one attached hydrogen (secondary N) is 1. The number of hydroxylamine groups is 1. The van der Waals surface area contributed by atoms with Gasteiger partial charge >= 0.3 is 0 Å². The van der Waals surface area contributed by atoms with Crippen LogP contribution in [0, 0.1) is 0 Å². The largest absolute Gasteiger partial charge is 0.305 e. The lowest BCUT2D eigenvalue weighted by molar-refractivity contribution is 0.0593.